The van der Waals surface area contributed by atoms with E-state index in [1.54, 1.807) is 0 Å². The standard InChI is InChI=1S/C39H57NO6/c1-2-3-4-5-6-7-8-9-10-11-12-13-14-15-16-17-18-23-28-45-37(41)29-36(38(42)43)40-39(44)46-30-35-33-26-21-19-24-31(33)32-25-20-22-27-34(32)35/h19-22,24-27,35-36H,2-18,23,28-30H2,1H3,(H,40,44)(H,42,43)/t36-/m0/s1. The van der Waals surface area contributed by atoms with Gasteiger partial charge >= 0.3 is 18.0 Å². The van der Waals surface area contributed by atoms with Gasteiger partial charge in [0.1, 0.15) is 12.6 Å². The van der Waals surface area contributed by atoms with Crippen molar-refractivity contribution in [1.82, 2.24) is 5.32 Å². The lowest BCUT2D eigenvalue weighted by Gasteiger charge is -2.17. The van der Waals surface area contributed by atoms with E-state index < -0.39 is 30.5 Å². The maximum atomic E-state index is 12.5. The van der Waals surface area contributed by atoms with E-state index in [0.717, 1.165) is 41.5 Å². The molecule has 2 aromatic carbocycles. The third-order valence-electron chi connectivity index (χ3n) is 9.07. The number of carbonyl (C=O) groups is 3. The number of rotatable bonds is 25. The maximum Gasteiger partial charge on any atom is 0.407 e. The summed E-state index contributed by atoms with van der Waals surface area (Å²) in [6.07, 6.45) is 21.8. The molecular formula is C39H57NO6. The van der Waals surface area contributed by atoms with Crippen LogP contribution in [0.25, 0.3) is 11.1 Å². The predicted molar refractivity (Wildman–Crippen MR) is 184 cm³/mol. The largest absolute Gasteiger partial charge is 0.480 e. The fraction of sp³-hybridized carbons (Fsp3) is 0.615. The molecule has 0 spiro atoms. The van der Waals surface area contributed by atoms with Gasteiger partial charge in [-0.25, -0.2) is 9.59 Å². The molecule has 0 saturated carbocycles. The summed E-state index contributed by atoms with van der Waals surface area (Å²) < 4.78 is 10.7. The second-order valence-electron chi connectivity index (χ2n) is 12.8. The van der Waals surface area contributed by atoms with Crippen LogP contribution in [0, 0.1) is 0 Å². The third-order valence-corrected chi connectivity index (χ3v) is 9.07. The van der Waals surface area contributed by atoms with Crippen molar-refractivity contribution in [2.24, 2.45) is 0 Å². The smallest absolute Gasteiger partial charge is 0.407 e. The minimum absolute atomic E-state index is 0.0655. The summed E-state index contributed by atoms with van der Waals surface area (Å²) in [5, 5.41) is 11.9. The van der Waals surface area contributed by atoms with Gasteiger partial charge in [-0.05, 0) is 28.7 Å². The Hall–Kier alpha value is -3.35. The molecule has 1 aliphatic carbocycles. The van der Waals surface area contributed by atoms with Crippen LogP contribution in [0.3, 0.4) is 0 Å². The molecule has 1 amide bonds. The van der Waals surface area contributed by atoms with Crippen molar-refractivity contribution in [2.75, 3.05) is 13.2 Å². The lowest BCUT2D eigenvalue weighted by Crippen LogP contribution is -2.43. The Balaban J connectivity index is 1.18. The van der Waals surface area contributed by atoms with Crippen molar-refractivity contribution in [2.45, 2.75) is 141 Å². The summed E-state index contributed by atoms with van der Waals surface area (Å²) in [5.41, 5.74) is 4.34. The Bertz CT molecular complexity index is 1140. The molecule has 0 saturated heterocycles. The van der Waals surface area contributed by atoms with Gasteiger partial charge < -0.3 is 19.9 Å². The molecule has 7 heteroatoms. The van der Waals surface area contributed by atoms with E-state index in [2.05, 4.69) is 12.2 Å². The van der Waals surface area contributed by atoms with Gasteiger partial charge in [0.05, 0.1) is 13.0 Å². The van der Waals surface area contributed by atoms with Crippen molar-refractivity contribution in [3.63, 3.8) is 0 Å². The van der Waals surface area contributed by atoms with Crippen molar-refractivity contribution < 1.29 is 29.0 Å². The molecule has 2 aromatic rings. The van der Waals surface area contributed by atoms with Crippen molar-refractivity contribution in [1.29, 1.82) is 0 Å². The highest BCUT2D eigenvalue weighted by molar-refractivity contribution is 5.85. The molecule has 0 aromatic heterocycles. The number of unbranched alkanes of at least 4 members (excludes halogenated alkanes) is 17. The highest BCUT2D eigenvalue weighted by atomic mass is 16.6. The van der Waals surface area contributed by atoms with Crippen LogP contribution in [0.4, 0.5) is 4.79 Å². The van der Waals surface area contributed by atoms with Crippen LogP contribution in [0.2, 0.25) is 0 Å². The first-order valence-corrected chi connectivity index (χ1v) is 18.0. The van der Waals surface area contributed by atoms with Gasteiger partial charge in [-0.2, -0.15) is 0 Å². The molecule has 1 atom stereocenters. The fourth-order valence-corrected chi connectivity index (χ4v) is 6.40. The molecule has 0 radical (unpaired) electrons. The zero-order valence-corrected chi connectivity index (χ0v) is 28.1. The summed E-state index contributed by atoms with van der Waals surface area (Å²) in [4.78, 5) is 36.5. The number of nitrogens with one attached hydrogen (secondary N) is 1. The van der Waals surface area contributed by atoms with Gasteiger partial charge in [-0.3, -0.25) is 4.79 Å². The van der Waals surface area contributed by atoms with E-state index in [1.807, 2.05) is 48.5 Å². The zero-order valence-electron chi connectivity index (χ0n) is 28.1. The second-order valence-corrected chi connectivity index (χ2v) is 12.8. The maximum absolute atomic E-state index is 12.5. The molecule has 0 fully saturated rings. The Labute approximate surface area is 276 Å². The molecule has 254 valence electrons. The molecule has 0 aliphatic heterocycles. The summed E-state index contributed by atoms with van der Waals surface area (Å²) in [7, 11) is 0. The summed E-state index contributed by atoms with van der Waals surface area (Å²) in [5.74, 6) is -2.09. The van der Waals surface area contributed by atoms with Gasteiger partial charge in [0.15, 0.2) is 0 Å². The summed E-state index contributed by atoms with van der Waals surface area (Å²) in [6, 6.07) is 14.5. The van der Waals surface area contributed by atoms with Crippen LogP contribution in [0.5, 0.6) is 0 Å². The SMILES string of the molecule is CCCCCCCCCCCCCCCCCCCCOC(=O)C[C@H](NC(=O)OCC1c2ccccc2-c2ccccc21)C(=O)O. The molecule has 0 heterocycles. The second kappa shape index (κ2) is 22.2. The van der Waals surface area contributed by atoms with Gasteiger partial charge in [-0.1, -0.05) is 165 Å². The quantitative estimate of drug-likeness (QED) is 0.0832. The van der Waals surface area contributed by atoms with E-state index in [0.29, 0.717) is 0 Å². The number of hydrogen-bond donors (Lipinski definition) is 2. The molecule has 1 aliphatic rings. The number of amides is 1. The van der Waals surface area contributed by atoms with E-state index in [-0.39, 0.29) is 19.1 Å². The number of carbonyl (C=O) groups excluding carboxylic acids is 2. The Morgan fingerprint density at radius 2 is 1.09 bits per heavy atom. The van der Waals surface area contributed by atoms with Crippen molar-refractivity contribution >= 4 is 18.0 Å². The van der Waals surface area contributed by atoms with Gasteiger partial charge in [-0.15, -0.1) is 0 Å². The zero-order chi connectivity index (χ0) is 32.8. The Morgan fingerprint density at radius 1 is 0.652 bits per heavy atom. The molecule has 7 nitrogen and oxygen atoms in total. The van der Waals surface area contributed by atoms with Crippen LogP contribution < -0.4 is 5.32 Å². The number of benzene rings is 2. The summed E-state index contributed by atoms with van der Waals surface area (Å²) >= 11 is 0. The molecule has 2 N–H and O–H groups in total. The minimum Gasteiger partial charge on any atom is -0.480 e. The van der Waals surface area contributed by atoms with Crippen LogP contribution in [0.15, 0.2) is 48.5 Å². The lowest BCUT2D eigenvalue weighted by atomic mass is 9.98. The molecule has 0 unspecified atom stereocenters. The normalized spacial score (nSPS) is 12.7. The number of aliphatic carboxylic acids is 1. The average Bonchev–Trinajstić information content (AvgIpc) is 3.38. The van der Waals surface area contributed by atoms with Crippen LogP contribution in [-0.4, -0.2) is 42.4 Å². The number of fused-ring (bicyclic) bond motifs is 3. The van der Waals surface area contributed by atoms with E-state index in [4.69, 9.17) is 9.47 Å². The lowest BCUT2D eigenvalue weighted by molar-refractivity contribution is -0.149. The fourth-order valence-electron chi connectivity index (χ4n) is 6.40. The number of hydrogen-bond acceptors (Lipinski definition) is 5. The van der Waals surface area contributed by atoms with Gasteiger partial charge in [0.2, 0.25) is 0 Å². The van der Waals surface area contributed by atoms with Crippen LogP contribution in [0.1, 0.15) is 146 Å². The first-order valence-electron chi connectivity index (χ1n) is 18.0. The highest BCUT2D eigenvalue weighted by Crippen LogP contribution is 2.44. The van der Waals surface area contributed by atoms with Gasteiger partial charge in [0.25, 0.3) is 0 Å². The average molecular weight is 636 g/mol. The number of esters is 1. The monoisotopic (exact) mass is 635 g/mol. The topological polar surface area (TPSA) is 102 Å². The Morgan fingerprint density at radius 3 is 1.54 bits per heavy atom. The molecule has 3 rings (SSSR count). The van der Waals surface area contributed by atoms with Crippen LogP contribution in [-0.2, 0) is 19.1 Å². The predicted octanol–water partition coefficient (Wildman–Crippen LogP) is 9.95. The number of carboxylic acids is 1. The molecular weight excluding hydrogens is 578 g/mol. The molecule has 46 heavy (non-hydrogen) atoms. The number of ether oxygens (including phenoxy) is 2. The van der Waals surface area contributed by atoms with E-state index >= 15 is 0 Å². The number of alkyl carbamates (subject to hydrolysis) is 1. The van der Waals surface area contributed by atoms with E-state index in [9.17, 15) is 19.5 Å². The first kappa shape index (κ1) is 37.1. The Kier molecular flexibility index (Phi) is 17.9. The van der Waals surface area contributed by atoms with Crippen LogP contribution >= 0.6 is 0 Å². The minimum atomic E-state index is -1.41. The van der Waals surface area contributed by atoms with E-state index in [1.165, 1.54) is 96.3 Å². The van der Waals surface area contributed by atoms with Gasteiger partial charge in [0, 0.05) is 5.92 Å². The highest BCUT2D eigenvalue weighted by Gasteiger charge is 2.30. The van der Waals surface area contributed by atoms with Crippen molar-refractivity contribution in [3.8, 4) is 11.1 Å². The molecule has 0 bridgehead atoms. The number of carboxylic acid groups (broad SMARTS) is 1. The first-order chi connectivity index (χ1) is 22.5. The van der Waals surface area contributed by atoms with Crippen molar-refractivity contribution in [3.05, 3.63) is 59.7 Å². The third kappa shape index (κ3) is 13.6. The summed E-state index contributed by atoms with van der Waals surface area (Å²) in [6.45, 7) is 2.59.